The zero-order valence-corrected chi connectivity index (χ0v) is 11.5. The third-order valence-electron chi connectivity index (χ3n) is 3.27. The maximum atomic E-state index is 12.4. The molecular formula is C15H16N2OS. The number of carbonyl (C=O) groups is 1. The molecule has 0 unspecified atom stereocenters. The molecule has 98 valence electrons. The second-order valence-corrected chi connectivity index (χ2v) is 5.86. The van der Waals surface area contributed by atoms with Crippen LogP contribution in [0, 0.1) is 0 Å². The van der Waals surface area contributed by atoms with Crippen molar-refractivity contribution in [3.05, 3.63) is 52.5 Å². The van der Waals surface area contributed by atoms with E-state index >= 15 is 0 Å². The average molecular weight is 272 g/mol. The molecule has 4 heteroatoms. The van der Waals surface area contributed by atoms with Crippen molar-refractivity contribution in [1.82, 2.24) is 9.88 Å². The molecule has 0 atom stereocenters. The molecule has 2 heterocycles. The minimum atomic E-state index is 0.218. The van der Waals surface area contributed by atoms with Crippen LogP contribution in [-0.4, -0.2) is 21.8 Å². The number of hydrogen-bond donors (Lipinski definition) is 0. The number of nitrogens with zero attached hydrogens (tertiary/aromatic N) is 2. The Kier molecular flexibility index (Phi) is 3.60. The monoisotopic (exact) mass is 272 g/mol. The smallest absolute Gasteiger partial charge is 0.228 e. The second-order valence-electron chi connectivity index (χ2n) is 4.83. The Bertz CT molecular complexity index is 535. The van der Waals surface area contributed by atoms with Crippen LogP contribution in [0.1, 0.15) is 23.4 Å². The topological polar surface area (TPSA) is 33.2 Å². The fourth-order valence-corrected chi connectivity index (χ4v) is 2.83. The number of aromatic nitrogens is 1. The van der Waals surface area contributed by atoms with Crippen molar-refractivity contribution >= 4 is 17.2 Å². The Morgan fingerprint density at radius 3 is 2.84 bits per heavy atom. The summed E-state index contributed by atoms with van der Waals surface area (Å²) >= 11 is 1.64. The average Bonchev–Trinajstić information content (AvgIpc) is 3.15. The van der Waals surface area contributed by atoms with E-state index in [0.29, 0.717) is 19.0 Å². The van der Waals surface area contributed by atoms with E-state index in [1.807, 2.05) is 40.6 Å². The van der Waals surface area contributed by atoms with Gasteiger partial charge < -0.3 is 4.90 Å². The minimum absolute atomic E-state index is 0.218. The van der Waals surface area contributed by atoms with Crippen molar-refractivity contribution in [3.63, 3.8) is 0 Å². The third kappa shape index (κ3) is 3.20. The largest absolute Gasteiger partial charge is 0.333 e. The standard InChI is InChI=1S/C15H16N2OS/c18-15(10-14-5-3-9-19-14)17(13-6-7-13)11-12-4-1-2-8-16-12/h1-5,8-9,13H,6-7,10-11H2. The molecule has 1 amide bonds. The lowest BCUT2D eigenvalue weighted by Gasteiger charge is -2.21. The van der Waals surface area contributed by atoms with Gasteiger partial charge in [0.15, 0.2) is 0 Å². The van der Waals surface area contributed by atoms with E-state index in [1.54, 1.807) is 17.5 Å². The van der Waals surface area contributed by atoms with Crippen LogP contribution in [0.5, 0.6) is 0 Å². The summed E-state index contributed by atoms with van der Waals surface area (Å²) in [5.41, 5.74) is 0.967. The molecule has 0 spiro atoms. The van der Waals surface area contributed by atoms with Crippen molar-refractivity contribution in [3.8, 4) is 0 Å². The molecule has 3 nitrogen and oxygen atoms in total. The summed E-state index contributed by atoms with van der Waals surface area (Å²) in [6, 6.07) is 10.3. The van der Waals surface area contributed by atoms with Crippen molar-refractivity contribution in [2.45, 2.75) is 31.8 Å². The summed E-state index contributed by atoms with van der Waals surface area (Å²) in [6.07, 6.45) is 4.55. The first-order valence-corrected chi connectivity index (χ1v) is 7.42. The highest BCUT2D eigenvalue weighted by Gasteiger charge is 2.32. The molecule has 0 N–H and O–H groups in total. The van der Waals surface area contributed by atoms with E-state index in [2.05, 4.69) is 4.98 Å². The van der Waals surface area contributed by atoms with Gasteiger partial charge in [-0.15, -0.1) is 11.3 Å². The van der Waals surface area contributed by atoms with E-state index in [9.17, 15) is 4.79 Å². The number of thiophene rings is 1. The van der Waals surface area contributed by atoms with Gasteiger partial charge in [-0.3, -0.25) is 9.78 Å². The molecular weight excluding hydrogens is 256 g/mol. The second kappa shape index (κ2) is 5.53. The highest BCUT2D eigenvalue weighted by molar-refractivity contribution is 7.10. The quantitative estimate of drug-likeness (QED) is 0.838. The molecule has 1 aliphatic rings. The van der Waals surface area contributed by atoms with Crippen LogP contribution in [0.2, 0.25) is 0 Å². The maximum Gasteiger partial charge on any atom is 0.228 e. The summed E-state index contributed by atoms with van der Waals surface area (Å²) in [4.78, 5) is 19.8. The van der Waals surface area contributed by atoms with Gasteiger partial charge in [0.25, 0.3) is 0 Å². The summed E-state index contributed by atoms with van der Waals surface area (Å²) in [7, 11) is 0. The van der Waals surface area contributed by atoms with Gasteiger partial charge in [-0.05, 0) is 36.4 Å². The molecule has 19 heavy (non-hydrogen) atoms. The lowest BCUT2D eigenvalue weighted by molar-refractivity contribution is -0.131. The Labute approximate surface area is 116 Å². The van der Waals surface area contributed by atoms with Gasteiger partial charge >= 0.3 is 0 Å². The van der Waals surface area contributed by atoms with E-state index in [1.165, 1.54) is 0 Å². The lowest BCUT2D eigenvalue weighted by atomic mass is 10.2. The van der Waals surface area contributed by atoms with Gasteiger partial charge in [-0.1, -0.05) is 12.1 Å². The molecule has 3 rings (SSSR count). The van der Waals surface area contributed by atoms with Crippen LogP contribution in [0.3, 0.4) is 0 Å². The van der Waals surface area contributed by atoms with Crippen molar-refractivity contribution < 1.29 is 4.79 Å². The zero-order chi connectivity index (χ0) is 13.1. The summed E-state index contributed by atoms with van der Waals surface area (Å²) < 4.78 is 0. The summed E-state index contributed by atoms with van der Waals surface area (Å²) in [5.74, 6) is 0.218. The Morgan fingerprint density at radius 2 is 2.21 bits per heavy atom. The maximum absolute atomic E-state index is 12.4. The molecule has 2 aromatic heterocycles. The number of pyridine rings is 1. The van der Waals surface area contributed by atoms with E-state index in [4.69, 9.17) is 0 Å². The molecule has 0 aliphatic heterocycles. The van der Waals surface area contributed by atoms with Gasteiger partial charge in [0.1, 0.15) is 0 Å². The van der Waals surface area contributed by atoms with Crippen LogP contribution >= 0.6 is 11.3 Å². The predicted molar refractivity (Wildman–Crippen MR) is 75.8 cm³/mol. The first-order chi connectivity index (χ1) is 9.33. The van der Waals surface area contributed by atoms with E-state index in [-0.39, 0.29) is 5.91 Å². The number of hydrogen-bond acceptors (Lipinski definition) is 3. The highest BCUT2D eigenvalue weighted by atomic mass is 32.1. The van der Waals surface area contributed by atoms with Gasteiger partial charge in [-0.25, -0.2) is 0 Å². The molecule has 0 saturated heterocycles. The van der Waals surface area contributed by atoms with Crippen LogP contribution in [0.15, 0.2) is 41.9 Å². The van der Waals surface area contributed by atoms with Crippen molar-refractivity contribution in [2.24, 2.45) is 0 Å². The summed E-state index contributed by atoms with van der Waals surface area (Å²) in [6.45, 7) is 0.635. The van der Waals surface area contributed by atoms with E-state index in [0.717, 1.165) is 23.4 Å². The Morgan fingerprint density at radius 1 is 1.32 bits per heavy atom. The first-order valence-electron chi connectivity index (χ1n) is 6.54. The Hall–Kier alpha value is -1.68. The normalized spacial score (nSPS) is 14.3. The summed E-state index contributed by atoms with van der Waals surface area (Å²) in [5, 5.41) is 2.02. The molecule has 0 radical (unpaired) electrons. The molecule has 0 aromatic carbocycles. The predicted octanol–water partition coefficient (Wildman–Crippen LogP) is 2.88. The van der Waals surface area contributed by atoms with E-state index < -0.39 is 0 Å². The van der Waals surface area contributed by atoms with Crippen LogP contribution < -0.4 is 0 Å². The third-order valence-corrected chi connectivity index (χ3v) is 4.15. The Balaban J connectivity index is 1.69. The molecule has 0 bridgehead atoms. The fourth-order valence-electron chi connectivity index (χ4n) is 2.14. The minimum Gasteiger partial charge on any atom is -0.333 e. The first kappa shape index (κ1) is 12.4. The van der Waals surface area contributed by atoms with Crippen molar-refractivity contribution in [1.29, 1.82) is 0 Å². The van der Waals surface area contributed by atoms with Gasteiger partial charge in [0, 0.05) is 17.1 Å². The number of carbonyl (C=O) groups excluding carboxylic acids is 1. The van der Waals surface area contributed by atoms with Crippen molar-refractivity contribution in [2.75, 3.05) is 0 Å². The number of amides is 1. The number of rotatable bonds is 5. The molecule has 1 saturated carbocycles. The molecule has 1 fully saturated rings. The van der Waals surface area contributed by atoms with Gasteiger partial charge in [0.05, 0.1) is 18.7 Å². The van der Waals surface area contributed by atoms with Crippen LogP contribution in [0.4, 0.5) is 0 Å². The SMILES string of the molecule is O=C(Cc1cccs1)N(Cc1ccccn1)C1CC1. The van der Waals surface area contributed by atoms with Crippen LogP contribution in [-0.2, 0) is 17.8 Å². The molecule has 2 aromatic rings. The lowest BCUT2D eigenvalue weighted by Crippen LogP contribution is -2.33. The zero-order valence-electron chi connectivity index (χ0n) is 10.7. The molecule has 1 aliphatic carbocycles. The van der Waals surface area contributed by atoms with Crippen LogP contribution in [0.25, 0.3) is 0 Å². The highest BCUT2D eigenvalue weighted by Crippen LogP contribution is 2.29. The van der Waals surface area contributed by atoms with Gasteiger partial charge in [0.2, 0.25) is 5.91 Å². The fraction of sp³-hybridized carbons (Fsp3) is 0.333. The van der Waals surface area contributed by atoms with Gasteiger partial charge in [-0.2, -0.15) is 0 Å².